The Balaban J connectivity index is 2.48. The van der Waals surface area contributed by atoms with Crippen LogP contribution in [0.15, 0.2) is 12.4 Å². The molecule has 0 amide bonds. The third kappa shape index (κ3) is 2.76. The van der Waals surface area contributed by atoms with Gasteiger partial charge in [-0.1, -0.05) is 45.0 Å². The zero-order chi connectivity index (χ0) is 14.9. The van der Waals surface area contributed by atoms with Crippen LogP contribution in [0.5, 0.6) is 0 Å². The first-order valence-electron chi connectivity index (χ1n) is 6.66. The fourth-order valence-corrected chi connectivity index (χ4v) is 2.02. The molecule has 0 N–H and O–H groups in total. The zero-order valence-electron chi connectivity index (χ0n) is 12.5. The summed E-state index contributed by atoms with van der Waals surface area (Å²) in [6.45, 7) is 10.4. The minimum absolute atomic E-state index is 0.162. The Bertz CT molecular complexity index is 591. The molecule has 2 aromatic rings. The molecule has 2 aromatic heterocycles. The first-order chi connectivity index (χ1) is 9.30. The van der Waals surface area contributed by atoms with E-state index in [0.717, 1.165) is 22.5 Å². The highest BCUT2D eigenvalue weighted by Crippen LogP contribution is 2.25. The van der Waals surface area contributed by atoms with Gasteiger partial charge in [-0.3, -0.25) is 0 Å². The molecule has 7 nitrogen and oxygen atoms in total. The Morgan fingerprint density at radius 2 is 2.00 bits per heavy atom. The predicted molar refractivity (Wildman–Crippen MR) is 73.5 cm³/mol. The van der Waals surface area contributed by atoms with Crippen molar-refractivity contribution < 1.29 is 4.79 Å². The van der Waals surface area contributed by atoms with Crippen LogP contribution in [0.4, 0.5) is 4.79 Å². The molecule has 20 heavy (non-hydrogen) atoms. The molecule has 0 aliphatic heterocycles. The summed E-state index contributed by atoms with van der Waals surface area (Å²) in [5, 5.41) is 15.6. The number of hydrogen-bond donors (Lipinski definition) is 0. The molecule has 0 spiro atoms. The van der Waals surface area contributed by atoms with Crippen molar-refractivity contribution in [3.8, 4) is 0 Å². The van der Waals surface area contributed by atoms with E-state index < -0.39 is 0 Å². The molecule has 0 atom stereocenters. The summed E-state index contributed by atoms with van der Waals surface area (Å²) in [7, 11) is 0. The number of nitrogens with zero attached hydrogens (tertiary/aromatic N) is 6. The second-order valence-electron chi connectivity index (χ2n) is 6.27. The van der Waals surface area contributed by atoms with Gasteiger partial charge in [0.1, 0.15) is 0 Å². The Morgan fingerprint density at radius 1 is 1.30 bits per heavy atom. The van der Waals surface area contributed by atoms with Crippen molar-refractivity contribution in [1.29, 1.82) is 0 Å². The van der Waals surface area contributed by atoms with E-state index >= 15 is 0 Å². The minimum Gasteiger partial charge on any atom is -0.243 e. The van der Waals surface area contributed by atoms with Crippen molar-refractivity contribution in [3.05, 3.63) is 23.8 Å². The molecule has 0 bridgehead atoms. The molecular formula is C13H20N6O. The van der Waals surface area contributed by atoms with Crippen molar-refractivity contribution in [3.63, 3.8) is 0 Å². The molecule has 108 valence electrons. The first kappa shape index (κ1) is 14.4. The molecule has 0 unspecified atom stereocenters. The lowest BCUT2D eigenvalue weighted by atomic mass is 9.88. The fourth-order valence-electron chi connectivity index (χ4n) is 2.02. The van der Waals surface area contributed by atoms with E-state index in [4.69, 9.17) is 0 Å². The van der Waals surface area contributed by atoms with Crippen LogP contribution in [0.3, 0.4) is 0 Å². The Hall–Kier alpha value is -2.05. The molecule has 0 aliphatic rings. The monoisotopic (exact) mass is 276 g/mol. The maximum Gasteiger partial charge on any atom is 0.372 e. The lowest BCUT2D eigenvalue weighted by molar-refractivity contribution is 0.236. The van der Waals surface area contributed by atoms with Crippen LogP contribution in [0.1, 0.15) is 46.0 Å². The van der Waals surface area contributed by atoms with E-state index in [1.165, 1.54) is 17.1 Å². The number of aromatic nitrogens is 6. The largest absolute Gasteiger partial charge is 0.372 e. The molecule has 0 aromatic carbocycles. The summed E-state index contributed by atoms with van der Waals surface area (Å²) >= 11 is 0. The molecule has 0 fully saturated rings. The second kappa shape index (κ2) is 5.15. The van der Waals surface area contributed by atoms with Gasteiger partial charge in [0.25, 0.3) is 0 Å². The lowest BCUT2D eigenvalue weighted by Gasteiger charge is -2.18. The first-order valence-corrected chi connectivity index (χ1v) is 6.66. The summed E-state index contributed by atoms with van der Waals surface area (Å²) in [5.74, 6) is 0.400. The van der Waals surface area contributed by atoms with Crippen LogP contribution >= 0.6 is 0 Å². The SMILES string of the molecule is CC(C)Cc1c(C(C)(C)C)nnn1C(=O)n1ccnn1. The van der Waals surface area contributed by atoms with Gasteiger partial charge >= 0.3 is 6.03 Å². The molecule has 7 heteroatoms. The quantitative estimate of drug-likeness (QED) is 0.836. The highest BCUT2D eigenvalue weighted by Gasteiger charge is 2.27. The summed E-state index contributed by atoms with van der Waals surface area (Å²) in [4.78, 5) is 12.4. The topological polar surface area (TPSA) is 78.5 Å². The third-order valence-corrected chi connectivity index (χ3v) is 2.87. The molecule has 0 aliphatic carbocycles. The smallest absolute Gasteiger partial charge is 0.243 e. The highest BCUT2D eigenvalue weighted by atomic mass is 16.2. The molecular weight excluding hydrogens is 256 g/mol. The maximum absolute atomic E-state index is 12.4. The minimum atomic E-state index is -0.360. The van der Waals surface area contributed by atoms with E-state index in [1.54, 1.807) is 0 Å². The van der Waals surface area contributed by atoms with Crippen LogP contribution in [-0.4, -0.2) is 36.0 Å². The van der Waals surface area contributed by atoms with E-state index in [-0.39, 0.29) is 11.4 Å². The van der Waals surface area contributed by atoms with Gasteiger partial charge in [-0.15, -0.1) is 10.2 Å². The summed E-state index contributed by atoms with van der Waals surface area (Å²) in [5.41, 5.74) is 1.53. The number of carbonyl (C=O) groups is 1. The molecule has 2 heterocycles. The Labute approximate surface area is 118 Å². The van der Waals surface area contributed by atoms with E-state index in [0.29, 0.717) is 5.92 Å². The molecule has 0 saturated heterocycles. The van der Waals surface area contributed by atoms with E-state index in [1.807, 2.05) is 0 Å². The number of rotatable bonds is 2. The van der Waals surface area contributed by atoms with Crippen molar-refractivity contribution >= 4 is 6.03 Å². The molecule has 0 radical (unpaired) electrons. The van der Waals surface area contributed by atoms with E-state index in [2.05, 4.69) is 55.2 Å². The number of carbonyl (C=O) groups excluding carboxylic acids is 1. The third-order valence-electron chi connectivity index (χ3n) is 2.87. The van der Waals surface area contributed by atoms with Crippen LogP contribution < -0.4 is 0 Å². The van der Waals surface area contributed by atoms with Gasteiger partial charge in [0.05, 0.1) is 23.8 Å². The highest BCUT2D eigenvalue weighted by molar-refractivity contribution is 5.78. The van der Waals surface area contributed by atoms with Crippen LogP contribution in [0, 0.1) is 5.92 Å². The van der Waals surface area contributed by atoms with Crippen molar-refractivity contribution in [2.45, 2.75) is 46.5 Å². The summed E-state index contributed by atoms with van der Waals surface area (Å²) in [6, 6.07) is -0.360. The van der Waals surface area contributed by atoms with Crippen LogP contribution in [0.2, 0.25) is 0 Å². The lowest BCUT2D eigenvalue weighted by Crippen LogP contribution is -2.25. The van der Waals surface area contributed by atoms with Gasteiger partial charge in [-0.05, 0) is 12.3 Å². The Morgan fingerprint density at radius 3 is 2.50 bits per heavy atom. The van der Waals surface area contributed by atoms with Gasteiger partial charge in [-0.2, -0.15) is 9.36 Å². The van der Waals surface area contributed by atoms with Gasteiger partial charge in [0, 0.05) is 5.41 Å². The average molecular weight is 276 g/mol. The maximum atomic E-state index is 12.4. The van der Waals surface area contributed by atoms with Gasteiger partial charge in [-0.25, -0.2) is 4.79 Å². The summed E-state index contributed by atoms with van der Waals surface area (Å²) < 4.78 is 2.49. The number of hydrogen-bond acceptors (Lipinski definition) is 5. The van der Waals surface area contributed by atoms with Gasteiger partial charge in [0.2, 0.25) is 0 Å². The normalized spacial score (nSPS) is 12.1. The molecule has 0 saturated carbocycles. The zero-order valence-corrected chi connectivity index (χ0v) is 12.5. The van der Waals surface area contributed by atoms with Gasteiger partial charge < -0.3 is 0 Å². The van der Waals surface area contributed by atoms with E-state index in [9.17, 15) is 4.79 Å². The van der Waals surface area contributed by atoms with Crippen molar-refractivity contribution in [2.24, 2.45) is 5.92 Å². The second-order valence-corrected chi connectivity index (χ2v) is 6.27. The summed E-state index contributed by atoms with van der Waals surface area (Å²) in [6.07, 6.45) is 3.70. The Kier molecular flexibility index (Phi) is 3.69. The van der Waals surface area contributed by atoms with Crippen LogP contribution in [0.25, 0.3) is 0 Å². The average Bonchev–Trinajstić information content (AvgIpc) is 2.94. The molecule has 2 rings (SSSR count). The van der Waals surface area contributed by atoms with Crippen molar-refractivity contribution in [1.82, 2.24) is 30.0 Å². The van der Waals surface area contributed by atoms with Gasteiger partial charge in [0.15, 0.2) is 0 Å². The fraction of sp³-hybridized carbons (Fsp3) is 0.615. The van der Waals surface area contributed by atoms with Crippen LogP contribution in [-0.2, 0) is 11.8 Å². The predicted octanol–water partition coefficient (Wildman–Crippen LogP) is 1.88. The standard InChI is InChI=1S/C13H20N6O/c1-9(2)8-10-11(13(3,4)5)15-17-19(10)12(20)18-7-6-14-16-18/h6-7,9H,8H2,1-5H3. The van der Waals surface area contributed by atoms with Crippen molar-refractivity contribution in [2.75, 3.05) is 0 Å².